The van der Waals surface area contributed by atoms with Crippen LogP contribution in [0.5, 0.6) is 0 Å². The van der Waals surface area contributed by atoms with E-state index in [2.05, 4.69) is 5.32 Å². The molecule has 200 valence electrons. The van der Waals surface area contributed by atoms with Crippen molar-refractivity contribution >= 4 is 57.5 Å². The second-order valence-electron chi connectivity index (χ2n) is 9.70. The van der Waals surface area contributed by atoms with E-state index >= 15 is 0 Å². The molecule has 1 aliphatic heterocycles. The summed E-state index contributed by atoms with van der Waals surface area (Å²) in [6.07, 6.45) is 1.96. The number of hydrogen-bond donors (Lipinski definition) is 1. The van der Waals surface area contributed by atoms with Crippen LogP contribution in [0.3, 0.4) is 0 Å². The van der Waals surface area contributed by atoms with Crippen LogP contribution in [0, 0.1) is 6.92 Å². The summed E-state index contributed by atoms with van der Waals surface area (Å²) in [5.41, 5.74) is 2.71. The minimum Gasteiger partial charge on any atom is -0.320 e. The fourth-order valence-corrected chi connectivity index (χ4v) is 5.91. The van der Waals surface area contributed by atoms with E-state index in [1.54, 1.807) is 63.7 Å². The van der Waals surface area contributed by atoms with Gasteiger partial charge in [0.2, 0.25) is 0 Å². The number of thioether (sulfide) groups is 1. The lowest BCUT2D eigenvalue weighted by atomic mass is 10.0. The van der Waals surface area contributed by atoms with E-state index in [0.29, 0.717) is 28.0 Å². The van der Waals surface area contributed by atoms with Crippen LogP contribution >= 0.6 is 23.4 Å². The maximum Gasteiger partial charge on any atom is 0.331 e. The number of anilines is 2. The fraction of sp³-hybridized carbons (Fsp3) is 0.241. The first-order valence-electron chi connectivity index (χ1n) is 12.4. The summed E-state index contributed by atoms with van der Waals surface area (Å²) in [5.74, 6) is -0.152. The molecule has 1 aliphatic rings. The number of benzene rings is 3. The number of nitrogens with one attached hydrogen (secondary N) is 1. The highest BCUT2D eigenvalue weighted by Gasteiger charge is 2.33. The van der Waals surface area contributed by atoms with Crippen LogP contribution in [-0.2, 0) is 13.6 Å². The number of fused-ring (bicyclic) bond motifs is 3. The van der Waals surface area contributed by atoms with Gasteiger partial charge in [-0.2, -0.15) is 11.8 Å². The average molecular weight is 563 g/mol. The van der Waals surface area contributed by atoms with Crippen molar-refractivity contribution in [3.05, 3.63) is 103 Å². The van der Waals surface area contributed by atoms with Crippen molar-refractivity contribution in [2.75, 3.05) is 22.2 Å². The van der Waals surface area contributed by atoms with Crippen molar-refractivity contribution in [1.29, 1.82) is 0 Å². The van der Waals surface area contributed by atoms with Gasteiger partial charge < -0.3 is 10.2 Å². The highest BCUT2D eigenvalue weighted by Crippen LogP contribution is 2.36. The molecular weight excluding hydrogens is 536 g/mol. The van der Waals surface area contributed by atoms with Crippen molar-refractivity contribution in [1.82, 2.24) is 9.13 Å². The zero-order valence-corrected chi connectivity index (χ0v) is 23.5. The third kappa shape index (κ3) is 4.66. The molecule has 1 atom stereocenters. The summed E-state index contributed by atoms with van der Waals surface area (Å²) in [5, 5.41) is 3.59. The highest BCUT2D eigenvalue weighted by molar-refractivity contribution is 7.98. The molecule has 8 nitrogen and oxygen atoms in total. The molecule has 0 bridgehead atoms. The molecule has 39 heavy (non-hydrogen) atoms. The van der Waals surface area contributed by atoms with Crippen LogP contribution in [0.4, 0.5) is 11.4 Å². The van der Waals surface area contributed by atoms with E-state index in [1.165, 1.54) is 7.05 Å². The van der Waals surface area contributed by atoms with Crippen molar-refractivity contribution in [3.63, 3.8) is 0 Å². The molecule has 4 aromatic rings. The highest BCUT2D eigenvalue weighted by atomic mass is 35.5. The average Bonchev–Trinajstić information content (AvgIpc) is 2.90. The van der Waals surface area contributed by atoms with E-state index in [1.807, 2.05) is 32.2 Å². The quantitative estimate of drug-likeness (QED) is 0.381. The molecule has 0 radical (unpaired) electrons. The van der Waals surface area contributed by atoms with Gasteiger partial charge in [-0.1, -0.05) is 35.4 Å². The van der Waals surface area contributed by atoms with E-state index in [9.17, 15) is 19.2 Å². The number of hydrogen-bond acceptors (Lipinski definition) is 5. The number of nitrogens with zero attached hydrogens (tertiary/aromatic N) is 3. The van der Waals surface area contributed by atoms with E-state index in [-0.39, 0.29) is 40.2 Å². The van der Waals surface area contributed by atoms with Gasteiger partial charge in [-0.25, -0.2) is 4.79 Å². The van der Waals surface area contributed by atoms with Gasteiger partial charge in [0.1, 0.15) is 0 Å². The SMILES string of the molecule is CSC[C@H](C)N1C(=O)c2c(Cl)cccc2C(=O)Nc2ccc(Cn3c(=O)n(C)c(=O)c4cc(C)ccc43)cc21. The minimum atomic E-state index is -0.444. The van der Waals surface area contributed by atoms with Gasteiger partial charge in [-0.05, 0) is 62.1 Å². The molecule has 0 unspecified atom stereocenters. The number of halogens is 1. The normalized spacial score (nSPS) is 13.9. The van der Waals surface area contributed by atoms with Crippen molar-refractivity contribution in [3.8, 4) is 0 Å². The largest absolute Gasteiger partial charge is 0.331 e. The van der Waals surface area contributed by atoms with E-state index in [0.717, 1.165) is 15.7 Å². The number of carbonyl (C=O) groups is 2. The Hall–Kier alpha value is -3.82. The van der Waals surface area contributed by atoms with Crippen LogP contribution in [-0.4, -0.2) is 39.0 Å². The number of amides is 2. The lowest BCUT2D eigenvalue weighted by Crippen LogP contribution is -2.43. The zero-order chi connectivity index (χ0) is 28.0. The number of carbonyl (C=O) groups excluding carboxylic acids is 2. The maximum atomic E-state index is 14.0. The van der Waals surface area contributed by atoms with E-state index < -0.39 is 11.6 Å². The third-order valence-electron chi connectivity index (χ3n) is 6.95. The van der Waals surface area contributed by atoms with Crippen LogP contribution in [0.15, 0.2) is 64.2 Å². The summed E-state index contributed by atoms with van der Waals surface area (Å²) < 4.78 is 2.65. The molecule has 1 aromatic heterocycles. The Morgan fingerprint density at radius 2 is 1.79 bits per heavy atom. The summed E-state index contributed by atoms with van der Waals surface area (Å²) in [6, 6.07) is 15.4. The molecule has 5 rings (SSSR count). The Morgan fingerprint density at radius 1 is 1.03 bits per heavy atom. The van der Waals surface area contributed by atoms with Gasteiger partial charge in [-0.15, -0.1) is 0 Å². The predicted molar refractivity (Wildman–Crippen MR) is 158 cm³/mol. The zero-order valence-electron chi connectivity index (χ0n) is 21.9. The number of rotatable bonds is 5. The monoisotopic (exact) mass is 562 g/mol. The van der Waals surface area contributed by atoms with Crippen LogP contribution in [0.25, 0.3) is 10.9 Å². The first-order valence-corrected chi connectivity index (χ1v) is 14.1. The summed E-state index contributed by atoms with van der Waals surface area (Å²) >= 11 is 8.05. The topological polar surface area (TPSA) is 93.4 Å². The standard InChI is InChI=1S/C29H27ClN4O4S/c1-16-8-11-23-20(12-16)27(36)32(3)29(38)33(23)14-18-9-10-22-24(13-18)34(17(2)15-39-4)28(37)25-19(26(35)31-22)6-5-7-21(25)30/h5-13,17H,14-15H2,1-4H3,(H,31,35)/t17-/m0/s1. The molecule has 0 fully saturated rings. The van der Waals surface area contributed by atoms with Crippen LogP contribution in [0.2, 0.25) is 5.02 Å². The van der Waals surface area contributed by atoms with Crippen molar-refractivity contribution in [2.45, 2.75) is 26.4 Å². The summed E-state index contributed by atoms with van der Waals surface area (Å²) in [6.45, 7) is 3.99. The van der Waals surface area contributed by atoms with Crippen LogP contribution in [0.1, 0.15) is 38.8 Å². The summed E-state index contributed by atoms with van der Waals surface area (Å²) in [4.78, 5) is 54.8. The van der Waals surface area contributed by atoms with Gasteiger partial charge in [-0.3, -0.25) is 23.5 Å². The van der Waals surface area contributed by atoms with Crippen molar-refractivity contribution in [2.24, 2.45) is 7.05 Å². The van der Waals surface area contributed by atoms with Gasteiger partial charge in [0, 0.05) is 18.8 Å². The molecule has 0 spiro atoms. The minimum absolute atomic E-state index is 0.149. The first-order chi connectivity index (χ1) is 18.6. The Morgan fingerprint density at radius 3 is 2.54 bits per heavy atom. The second kappa shape index (κ2) is 10.4. The van der Waals surface area contributed by atoms with Gasteiger partial charge in [0.05, 0.1) is 45.0 Å². The molecule has 10 heteroatoms. The third-order valence-corrected chi connectivity index (χ3v) is 8.08. The number of aryl methyl sites for hydroxylation is 1. The van der Waals surface area contributed by atoms with Crippen LogP contribution < -0.4 is 21.5 Å². The molecule has 3 aromatic carbocycles. The molecular formula is C29H27ClN4O4S. The van der Waals surface area contributed by atoms with Crippen molar-refractivity contribution < 1.29 is 9.59 Å². The summed E-state index contributed by atoms with van der Waals surface area (Å²) in [7, 11) is 1.46. The Labute approximate surface area is 234 Å². The van der Waals surface area contributed by atoms with Gasteiger partial charge in [0.25, 0.3) is 17.4 Å². The predicted octanol–water partition coefficient (Wildman–Crippen LogP) is 4.67. The Balaban J connectivity index is 1.69. The lowest BCUT2D eigenvalue weighted by molar-refractivity contribution is 0.0960. The Bertz CT molecular complexity index is 1780. The fourth-order valence-electron chi connectivity index (χ4n) is 5.03. The van der Waals surface area contributed by atoms with Gasteiger partial charge >= 0.3 is 5.69 Å². The van der Waals surface area contributed by atoms with Gasteiger partial charge in [0.15, 0.2) is 0 Å². The molecule has 0 aliphatic carbocycles. The maximum absolute atomic E-state index is 14.0. The second-order valence-corrected chi connectivity index (χ2v) is 11.0. The smallest absolute Gasteiger partial charge is 0.320 e. The molecule has 2 amide bonds. The first kappa shape index (κ1) is 26.8. The molecule has 2 heterocycles. The lowest BCUT2D eigenvalue weighted by Gasteiger charge is -2.33. The molecule has 1 N–H and O–H groups in total. The Kier molecular flexibility index (Phi) is 7.13. The number of aromatic nitrogens is 2. The van der Waals surface area contributed by atoms with E-state index in [4.69, 9.17) is 11.6 Å². The molecule has 0 saturated carbocycles. The molecule has 0 saturated heterocycles.